The average molecular weight is 521 g/mol. The Labute approximate surface area is 162 Å². The summed E-state index contributed by atoms with van der Waals surface area (Å²) in [6.07, 6.45) is 2.89. The van der Waals surface area contributed by atoms with Gasteiger partial charge in [-0.15, -0.1) is 29.3 Å². The van der Waals surface area contributed by atoms with E-state index >= 15 is 0 Å². The number of allylic oxidation sites excluding steroid dienone is 2. The van der Waals surface area contributed by atoms with Crippen LogP contribution >= 0.6 is 0 Å². The number of carbonyl (C=O) groups is 1. The second-order valence-electron chi connectivity index (χ2n) is 5.07. The number of aromatic nitrogens is 1. The van der Waals surface area contributed by atoms with Crippen LogP contribution in [0.25, 0.3) is 11.3 Å². The smallest absolute Gasteiger partial charge is 0.155 e. The molecular formula is C19H22IrNO4-. The van der Waals surface area contributed by atoms with Crippen LogP contribution in [0.2, 0.25) is 0 Å². The number of aliphatic hydroxyl groups excluding tert-OH is 1. The molecule has 0 aliphatic rings. The zero-order valence-electron chi connectivity index (χ0n) is 14.9. The van der Waals surface area contributed by atoms with Crippen molar-refractivity contribution in [3.63, 3.8) is 0 Å². The van der Waals surface area contributed by atoms with Gasteiger partial charge in [0.15, 0.2) is 5.78 Å². The van der Waals surface area contributed by atoms with Gasteiger partial charge in [0.25, 0.3) is 0 Å². The van der Waals surface area contributed by atoms with Gasteiger partial charge >= 0.3 is 0 Å². The summed E-state index contributed by atoms with van der Waals surface area (Å²) in [5.74, 6) is 1.53. The monoisotopic (exact) mass is 521 g/mol. The van der Waals surface area contributed by atoms with Gasteiger partial charge in [-0.3, -0.25) is 4.79 Å². The first kappa shape index (κ1) is 22.8. The maximum absolute atomic E-state index is 10.0. The van der Waals surface area contributed by atoms with Crippen LogP contribution in [-0.2, 0) is 24.9 Å². The van der Waals surface area contributed by atoms with E-state index in [9.17, 15) is 4.79 Å². The van der Waals surface area contributed by atoms with Crippen molar-refractivity contribution in [2.24, 2.45) is 0 Å². The Morgan fingerprint density at radius 3 is 2.28 bits per heavy atom. The summed E-state index contributed by atoms with van der Waals surface area (Å²) in [7, 11) is 3.29. The maximum Gasteiger partial charge on any atom is 0.155 e. The molecule has 0 unspecified atom stereocenters. The second kappa shape index (κ2) is 11.4. The predicted molar refractivity (Wildman–Crippen MR) is 93.4 cm³/mol. The molecule has 0 saturated carbocycles. The van der Waals surface area contributed by atoms with Gasteiger partial charge in [-0.1, -0.05) is 6.92 Å². The molecule has 1 N–H and O–H groups in total. The van der Waals surface area contributed by atoms with Crippen molar-refractivity contribution in [2.75, 3.05) is 14.2 Å². The van der Waals surface area contributed by atoms with E-state index in [1.54, 1.807) is 20.4 Å². The third-order valence-corrected chi connectivity index (χ3v) is 2.98. The molecule has 1 radical (unpaired) electrons. The standard InChI is InChI=1S/C14H14NO2.C5H8O2.Ir/c1-10-8-11(16-2)4-5-13(10)14-9-12(17-3)6-7-15-14;1-4(6)3-5(2)7;/h4,6-9H,1-3H3;3,6H,1-2H3;/q-1;;/b;4-3-;. The number of pyridine rings is 1. The van der Waals surface area contributed by atoms with Crippen LogP contribution in [0.3, 0.4) is 0 Å². The number of benzene rings is 1. The molecule has 6 heteroatoms. The van der Waals surface area contributed by atoms with E-state index in [-0.39, 0.29) is 31.6 Å². The van der Waals surface area contributed by atoms with Crippen LogP contribution in [0.15, 0.2) is 42.3 Å². The molecule has 0 saturated heterocycles. The molecule has 1 aromatic heterocycles. The van der Waals surface area contributed by atoms with Gasteiger partial charge < -0.3 is 19.6 Å². The second-order valence-corrected chi connectivity index (χ2v) is 5.07. The van der Waals surface area contributed by atoms with Crippen molar-refractivity contribution in [3.8, 4) is 22.8 Å². The van der Waals surface area contributed by atoms with Crippen molar-refractivity contribution in [1.29, 1.82) is 0 Å². The molecule has 0 amide bonds. The number of hydrogen-bond donors (Lipinski definition) is 1. The van der Waals surface area contributed by atoms with Crippen molar-refractivity contribution in [2.45, 2.75) is 20.8 Å². The summed E-state index contributed by atoms with van der Waals surface area (Å²) in [5.41, 5.74) is 2.89. The van der Waals surface area contributed by atoms with Crippen molar-refractivity contribution < 1.29 is 39.5 Å². The fourth-order valence-electron chi connectivity index (χ4n) is 1.95. The number of rotatable bonds is 4. The first-order chi connectivity index (χ1) is 11.4. The first-order valence-corrected chi connectivity index (χ1v) is 7.32. The molecule has 1 heterocycles. The number of ether oxygens (including phenoxy) is 2. The predicted octanol–water partition coefficient (Wildman–Crippen LogP) is 3.91. The largest absolute Gasteiger partial charge is 0.540 e. The minimum atomic E-state index is -0.125. The van der Waals surface area contributed by atoms with Gasteiger partial charge in [0.05, 0.1) is 20.0 Å². The number of ketones is 1. The first-order valence-electron chi connectivity index (χ1n) is 7.32. The van der Waals surface area contributed by atoms with E-state index in [1.165, 1.54) is 19.9 Å². The minimum absolute atomic E-state index is 0. The number of hydrogen-bond acceptors (Lipinski definition) is 5. The van der Waals surface area contributed by atoms with Crippen molar-refractivity contribution in [1.82, 2.24) is 4.98 Å². The minimum Gasteiger partial charge on any atom is -0.540 e. The Bertz CT molecular complexity index is 725. The molecule has 2 aromatic rings. The summed E-state index contributed by atoms with van der Waals surface area (Å²) in [6.45, 7) is 4.86. The van der Waals surface area contributed by atoms with E-state index in [4.69, 9.17) is 14.6 Å². The molecule has 0 atom stereocenters. The number of aryl methyl sites for hydroxylation is 1. The van der Waals surface area contributed by atoms with Gasteiger partial charge in [0.2, 0.25) is 0 Å². The Morgan fingerprint density at radius 1 is 1.20 bits per heavy atom. The fourth-order valence-corrected chi connectivity index (χ4v) is 1.95. The van der Waals surface area contributed by atoms with E-state index in [1.807, 2.05) is 31.2 Å². The Balaban J connectivity index is 0.000000620. The summed E-state index contributed by atoms with van der Waals surface area (Å²) >= 11 is 0. The van der Waals surface area contributed by atoms with Crippen LogP contribution in [0, 0.1) is 13.0 Å². The zero-order chi connectivity index (χ0) is 18.1. The van der Waals surface area contributed by atoms with Crippen LogP contribution in [0.1, 0.15) is 19.4 Å². The molecule has 5 nitrogen and oxygen atoms in total. The molecule has 0 fully saturated rings. The van der Waals surface area contributed by atoms with Gasteiger partial charge in [0, 0.05) is 38.1 Å². The molecule has 137 valence electrons. The average Bonchev–Trinajstić information content (AvgIpc) is 2.54. The molecule has 0 bridgehead atoms. The van der Waals surface area contributed by atoms with Gasteiger partial charge in [-0.05, 0) is 31.7 Å². The third kappa shape index (κ3) is 7.96. The van der Waals surface area contributed by atoms with Crippen LogP contribution < -0.4 is 9.47 Å². The van der Waals surface area contributed by atoms with Crippen LogP contribution in [0.4, 0.5) is 0 Å². The van der Waals surface area contributed by atoms with E-state index < -0.39 is 0 Å². The van der Waals surface area contributed by atoms with Crippen molar-refractivity contribution in [3.05, 3.63) is 53.9 Å². The normalized spacial score (nSPS) is 10.0. The number of nitrogens with zero attached hydrogens (tertiary/aromatic N) is 1. The molecule has 0 aliphatic carbocycles. The van der Waals surface area contributed by atoms with E-state index in [0.717, 1.165) is 28.3 Å². The maximum atomic E-state index is 10.0. The van der Waals surface area contributed by atoms with Crippen LogP contribution in [-0.4, -0.2) is 30.1 Å². The molecule has 0 aliphatic heterocycles. The van der Waals surface area contributed by atoms with Gasteiger partial charge in [0.1, 0.15) is 5.75 Å². The number of aliphatic hydroxyl groups is 1. The van der Waals surface area contributed by atoms with E-state index in [0.29, 0.717) is 0 Å². The van der Waals surface area contributed by atoms with Gasteiger partial charge in [-0.2, -0.15) is 0 Å². The Morgan fingerprint density at radius 2 is 1.84 bits per heavy atom. The number of carbonyl (C=O) groups excluding carboxylic acids is 1. The van der Waals surface area contributed by atoms with Crippen LogP contribution in [0.5, 0.6) is 11.5 Å². The summed E-state index contributed by atoms with van der Waals surface area (Å²) in [4.78, 5) is 14.3. The fraction of sp³-hybridized carbons (Fsp3) is 0.263. The van der Waals surface area contributed by atoms with E-state index in [2.05, 4.69) is 11.1 Å². The quantitative estimate of drug-likeness (QED) is 0.376. The van der Waals surface area contributed by atoms with Gasteiger partial charge in [-0.25, -0.2) is 0 Å². The Kier molecular flexibility index (Phi) is 10.4. The summed E-state index contributed by atoms with van der Waals surface area (Å²) in [6, 6.07) is 10.7. The summed E-state index contributed by atoms with van der Waals surface area (Å²) in [5, 5.41) is 8.36. The SMILES string of the molecule is CC(=O)/C=C(/C)O.COc1ccnc(-c2[c-]cc(OC)cc2C)c1.[Ir]. The molecule has 25 heavy (non-hydrogen) atoms. The molecule has 2 rings (SSSR count). The number of methoxy groups -OCH3 is 2. The summed E-state index contributed by atoms with van der Waals surface area (Å²) < 4.78 is 10.3. The Hall–Kier alpha value is -2.17. The molecule has 0 spiro atoms. The molecular weight excluding hydrogens is 498 g/mol. The topological polar surface area (TPSA) is 68.7 Å². The zero-order valence-corrected chi connectivity index (χ0v) is 17.3. The van der Waals surface area contributed by atoms with Crippen molar-refractivity contribution >= 4 is 5.78 Å². The third-order valence-electron chi connectivity index (χ3n) is 2.98. The molecule has 1 aromatic carbocycles.